The molecule has 14 heavy (non-hydrogen) atoms. The molecular weight excluding hydrogens is 204 g/mol. The summed E-state index contributed by atoms with van der Waals surface area (Å²) in [4.78, 5) is 10.1. The molecular formula is C9H17ClN2O2. The quantitative estimate of drug-likeness (QED) is 0.413. The summed E-state index contributed by atoms with van der Waals surface area (Å²) in [6.45, 7) is 7.77. The third-order valence-electron chi connectivity index (χ3n) is 1.95. The lowest BCUT2D eigenvalue weighted by Gasteiger charge is -2.23. The van der Waals surface area contributed by atoms with Gasteiger partial charge in [0.15, 0.2) is 5.00 Å². The molecule has 0 heterocycles. The van der Waals surface area contributed by atoms with Crippen molar-refractivity contribution in [2.24, 2.45) is 16.1 Å². The lowest BCUT2D eigenvalue weighted by Crippen LogP contribution is -2.24. The van der Waals surface area contributed by atoms with Gasteiger partial charge in [0.1, 0.15) is 0 Å². The van der Waals surface area contributed by atoms with Crippen molar-refractivity contribution in [3.63, 3.8) is 0 Å². The summed E-state index contributed by atoms with van der Waals surface area (Å²) >= 11 is 6.13. The predicted octanol–water partition coefficient (Wildman–Crippen LogP) is 3.60. The van der Waals surface area contributed by atoms with Crippen molar-refractivity contribution in [1.82, 2.24) is 0 Å². The maximum atomic E-state index is 10.9. The minimum absolute atomic E-state index is 0.118. The Bertz CT molecular complexity index is 219. The van der Waals surface area contributed by atoms with Crippen molar-refractivity contribution in [2.45, 2.75) is 39.1 Å². The molecule has 0 radical (unpaired) electrons. The fourth-order valence-corrected chi connectivity index (χ4v) is 0.909. The molecule has 4 nitrogen and oxygen atoms in total. The monoisotopic (exact) mass is 220 g/mol. The SMILES string of the molecule is CCOC(=O)/N=N/C(Cl)(CC)C(C)C. The van der Waals surface area contributed by atoms with E-state index in [1.54, 1.807) is 6.92 Å². The summed E-state index contributed by atoms with van der Waals surface area (Å²) in [5.41, 5.74) is 0. The molecule has 1 amide bonds. The number of azo groups is 1. The van der Waals surface area contributed by atoms with Crippen molar-refractivity contribution in [2.75, 3.05) is 6.61 Å². The van der Waals surface area contributed by atoms with E-state index in [2.05, 4.69) is 15.0 Å². The Labute approximate surface area is 89.7 Å². The smallest absolute Gasteiger partial charge is 0.447 e. The van der Waals surface area contributed by atoms with Crippen LogP contribution in [0, 0.1) is 5.92 Å². The van der Waals surface area contributed by atoms with Crippen molar-refractivity contribution >= 4 is 17.7 Å². The van der Waals surface area contributed by atoms with Gasteiger partial charge in [0.2, 0.25) is 0 Å². The fourth-order valence-electron chi connectivity index (χ4n) is 0.871. The molecule has 0 saturated heterocycles. The first kappa shape index (κ1) is 13.4. The second-order valence-electron chi connectivity index (χ2n) is 3.23. The van der Waals surface area contributed by atoms with Gasteiger partial charge in [0.05, 0.1) is 6.61 Å². The van der Waals surface area contributed by atoms with E-state index in [1.165, 1.54) is 0 Å². The number of carbonyl (C=O) groups excluding carboxylic acids is 1. The number of ether oxygens (including phenoxy) is 1. The predicted molar refractivity (Wildman–Crippen MR) is 55.6 cm³/mol. The summed E-state index contributed by atoms with van der Waals surface area (Å²) < 4.78 is 4.60. The van der Waals surface area contributed by atoms with E-state index < -0.39 is 11.1 Å². The first-order valence-electron chi connectivity index (χ1n) is 4.74. The Balaban J connectivity index is 4.37. The standard InChI is InChI=1S/C9H17ClN2O2/c1-5-9(10,7(3)4)12-11-8(13)14-6-2/h7H,5-6H2,1-4H3/b12-11+. The van der Waals surface area contributed by atoms with Crippen molar-refractivity contribution < 1.29 is 9.53 Å². The van der Waals surface area contributed by atoms with Gasteiger partial charge in [-0.15, -0.1) is 0 Å². The fraction of sp³-hybridized carbons (Fsp3) is 0.889. The van der Waals surface area contributed by atoms with Gasteiger partial charge in [0.25, 0.3) is 0 Å². The number of hydrogen-bond acceptors (Lipinski definition) is 3. The summed E-state index contributed by atoms with van der Waals surface area (Å²) in [6, 6.07) is 0. The van der Waals surface area contributed by atoms with E-state index in [1.807, 2.05) is 20.8 Å². The first-order valence-corrected chi connectivity index (χ1v) is 5.12. The lowest BCUT2D eigenvalue weighted by molar-refractivity contribution is 0.160. The molecule has 0 N–H and O–H groups in total. The van der Waals surface area contributed by atoms with Gasteiger partial charge in [-0.3, -0.25) is 0 Å². The van der Waals surface area contributed by atoms with Gasteiger partial charge >= 0.3 is 6.09 Å². The van der Waals surface area contributed by atoms with Crippen LogP contribution in [-0.2, 0) is 4.74 Å². The van der Waals surface area contributed by atoms with Crippen LogP contribution in [0.15, 0.2) is 10.2 Å². The average Bonchev–Trinajstić information content (AvgIpc) is 2.14. The van der Waals surface area contributed by atoms with Gasteiger partial charge in [-0.25, -0.2) is 4.79 Å². The van der Waals surface area contributed by atoms with E-state index in [0.717, 1.165) is 0 Å². The molecule has 1 atom stereocenters. The molecule has 1 unspecified atom stereocenters. The van der Waals surface area contributed by atoms with Crippen LogP contribution in [0.3, 0.4) is 0 Å². The maximum absolute atomic E-state index is 10.9. The minimum atomic E-state index is -0.799. The Morgan fingerprint density at radius 2 is 2.07 bits per heavy atom. The minimum Gasteiger partial charge on any atom is -0.447 e. The van der Waals surface area contributed by atoms with E-state index >= 15 is 0 Å². The molecule has 0 fully saturated rings. The van der Waals surface area contributed by atoms with Gasteiger partial charge in [-0.05, 0) is 19.3 Å². The number of amides is 1. The van der Waals surface area contributed by atoms with Crippen LogP contribution >= 0.6 is 11.6 Å². The van der Waals surface area contributed by atoms with Crippen molar-refractivity contribution in [1.29, 1.82) is 0 Å². The Kier molecular flexibility index (Phi) is 5.69. The van der Waals surface area contributed by atoms with Crippen LogP contribution in [-0.4, -0.2) is 17.7 Å². The second kappa shape index (κ2) is 5.96. The largest absolute Gasteiger partial charge is 0.452 e. The molecule has 0 rings (SSSR count). The third-order valence-corrected chi connectivity index (χ3v) is 2.73. The van der Waals surface area contributed by atoms with Crippen LogP contribution in [0.1, 0.15) is 34.1 Å². The Morgan fingerprint density at radius 3 is 2.43 bits per heavy atom. The Hall–Kier alpha value is -0.640. The zero-order chi connectivity index (χ0) is 11.2. The van der Waals surface area contributed by atoms with Gasteiger partial charge in [0, 0.05) is 0 Å². The van der Waals surface area contributed by atoms with Gasteiger partial charge < -0.3 is 4.74 Å². The summed E-state index contributed by atoms with van der Waals surface area (Å²) in [7, 11) is 0. The van der Waals surface area contributed by atoms with E-state index in [-0.39, 0.29) is 5.92 Å². The molecule has 82 valence electrons. The summed E-state index contributed by atoms with van der Waals surface area (Å²) in [6.07, 6.45) is -0.0681. The highest BCUT2D eigenvalue weighted by atomic mass is 35.5. The van der Waals surface area contributed by atoms with Crippen LogP contribution in [0.25, 0.3) is 0 Å². The zero-order valence-electron chi connectivity index (χ0n) is 9.08. The molecule has 0 spiro atoms. The zero-order valence-corrected chi connectivity index (χ0v) is 9.84. The highest BCUT2D eigenvalue weighted by molar-refractivity contribution is 6.23. The number of nitrogens with zero attached hydrogens (tertiary/aromatic N) is 2. The highest BCUT2D eigenvalue weighted by Crippen LogP contribution is 2.30. The molecule has 0 aromatic rings. The highest BCUT2D eigenvalue weighted by Gasteiger charge is 2.29. The van der Waals surface area contributed by atoms with Crippen molar-refractivity contribution in [3.05, 3.63) is 0 Å². The number of rotatable bonds is 4. The number of hydrogen-bond donors (Lipinski definition) is 0. The maximum Gasteiger partial charge on any atom is 0.452 e. The number of halogens is 1. The van der Waals surface area contributed by atoms with E-state index in [0.29, 0.717) is 13.0 Å². The molecule has 0 aromatic heterocycles. The number of alkyl halides is 1. The molecule has 0 aliphatic carbocycles. The van der Waals surface area contributed by atoms with Gasteiger partial charge in [-0.1, -0.05) is 37.5 Å². The molecule has 0 aliphatic rings. The topological polar surface area (TPSA) is 51.0 Å². The third kappa shape index (κ3) is 4.05. The summed E-state index contributed by atoms with van der Waals surface area (Å²) in [5, 5.41) is 7.22. The van der Waals surface area contributed by atoms with Crippen LogP contribution in [0.2, 0.25) is 0 Å². The molecule has 5 heteroatoms. The Morgan fingerprint density at radius 1 is 1.50 bits per heavy atom. The van der Waals surface area contributed by atoms with Crippen LogP contribution in [0.5, 0.6) is 0 Å². The molecule has 0 aromatic carbocycles. The molecule has 0 saturated carbocycles. The van der Waals surface area contributed by atoms with Crippen molar-refractivity contribution in [3.8, 4) is 0 Å². The molecule has 0 bridgehead atoms. The number of carbonyl (C=O) groups is 1. The lowest BCUT2D eigenvalue weighted by atomic mass is 10.0. The first-order chi connectivity index (χ1) is 6.46. The normalized spacial score (nSPS) is 15.9. The van der Waals surface area contributed by atoms with Crippen LogP contribution in [0.4, 0.5) is 4.79 Å². The average molecular weight is 221 g/mol. The van der Waals surface area contributed by atoms with E-state index in [4.69, 9.17) is 11.6 Å². The van der Waals surface area contributed by atoms with E-state index in [9.17, 15) is 4.79 Å². The van der Waals surface area contributed by atoms with Crippen LogP contribution < -0.4 is 0 Å². The molecule has 0 aliphatic heterocycles. The summed E-state index contributed by atoms with van der Waals surface area (Å²) in [5.74, 6) is 0.118. The van der Waals surface area contributed by atoms with Gasteiger partial charge in [-0.2, -0.15) is 5.11 Å². The second-order valence-corrected chi connectivity index (χ2v) is 3.88.